The summed E-state index contributed by atoms with van der Waals surface area (Å²) in [5.74, 6) is -0.0372. The highest BCUT2D eigenvalue weighted by atomic mass is 19.4. The first-order chi connectivity index (χ1) is 7.54. The first-order valence-corrected chi connectivity index (χ1v) is 5.11. The van der Waals surface area contributed by atoms with Gasteiger partial charge in [0.1, 0.15) is 0 Å². The number of nitrogens with zero attached hydrogens (tertiary/aromatic N) is 1. The van der Waals surface area contributed by atoms with Crippen molar-refractivity contribution in [1.29, 1.82) is 0 Å². The van der Waals surface area contributed by atoms with Gasteiger partial charge in [-0.05, 0) is 6.07 Å². The van der Waals surface area contributed by atoms with Gasteiger partial charge in [0.05, 0.1) is 12.7 Å². The molecule has 0 bridgehead atoms. The molecule has 0 N–H and O–H groups in total. The maximum atomic E-state index is 12.0. The van der Waals surface area contributed by atoms with Crippen LogP contribution in [0.3, 0.4) is 0 Å². The van der Waals surface area contributed by atoms with Gasteiger partial charge in [0.15, 0.2) is 0 Å². The lowest BCUT2D eigenvalue weighted by atomic mass is 10.2. The summed E-state index contributed by atoms with van der Waals surface area (Å²) in [6.07, 6.45) is -3.28. The van der Waals surface area contributed by atoms with E-state index in [9.17, 15) is 13.2 Å². The number of halogens is 3. The van der Waals surface area contributed by atoms with Crippen molar-refractivity contribution in [3.05, 3.63) is 23.9 Å². The molecule has 0 radical (unpaired) electrons. The zero-order valence-corrected chi connectivity index (χ0v) is 10.2. The molecule has 94 valence electrons. The van der Waals surface area contributed by atoms with Gasteiger partial charge in [-0.3, -0.25) is 0 Å². The van der Waals surface area contributed by atoms with Crippen LogP contribution in [0, 0.1) is 0 Å². The minimum atomic E-state index is -4.34. The second-order valence-corrected chi connectivity index (χ2v) is 2.08. The van der Waals surface area contributed by atoms with E-state index >= 15 is 0 Å². The average Bonchev–Trinajstić information content (AvgIpc) is 2.33. The standard InChI is InChI=1S/C7H6F3NO.2C2H6/c1-12-6-4-5(2-3-11-6)7(8,9)10;2*1-2/h2-4H,1H3;2*1-2H3. The van der Waals surface area contributed by atoms with E-state index in [1.54, 1.807) is 0 Å². The van der Waals surface area contributed by atoms with Crippen LogP contribution in [-0.2, 0) is 6.18 Å². The molecule has 0 saturated carbocycles. The highest BCUT2D eigenvalue weighted by Crippen LogP contribution is 2.30. The zero-order valence-electron chi connectivity index (χ0n) is 10.2. The average molecular weight is 237 g/mol. The Morgan fingerprint density at radius 1 is 1.12 bits per heavy atom. The van der Waals surface area contributed by atoms with Gasteiger partial charge >= 0.3 is 6.18 Å². The predicted octanol–water partition coefficient (Wildman–Crippen LogP) is 4.16. The van der Waals surface area contributed by atoms with Gasteiger partial charge in [0, 0.05) is 12.3 Å². The quantitative estimate of drug-likeness (QED) is 0.731. The summed E-state index contributed by atoms with van der Waals surface area (Å²) in [6, 6.07) is 1.74. The van der Waals surface area contributed by atoms with Gasteiger partial charge in [-0.25, -0.2) is 4.98 Å². The molecule has 0 amide bonds. The molecule has 1 aromatic rings. The summed E-state index contributed by atoms with van der Waals surface area (Å²) in [6.45, 7) is 8.00. The smallest absolute Gasteiger partial charge is 0.416 e. The van der Waals surface area contributed by atoms with E-state index < -0.39 is 11.7 Å². The number of alkyl halides is 3. The molecule has 0 aliphatic heterocycles. The van der Waals surface area contributed by atoms with Crippen LogP contribution >= 0.6 is 0 Å². The van der Waals surface area contributed by atoms with E-state index in [-0.39, 0.29) is 5.88 Å². The molecule has 0 aromatic carbocycles. The van der Waals surface area contributed by atoms with Gasteiger partial charge in [-0.15, -0.1) is 0 Å². The lowest BCUT2D eigenvalue weighted by molar-refractivity contribution is -0.137. The van der Waals surface area contributed by atoms with Gasteiger partial charge in [0.25, 0.3) is 0 Å². The van der Waals surface area contributed by atoms with Crippen molar-refractivity contribution in [2.24, 2.45) is 0 Å². The Hall–Kier alpha value is -1.26. The van der Waals surface area contributed by atoms with Gasteiger partial charge in [-0.1, -0.05) is 27.7 Å². The van der Waals surface area contributed by atoms with Crippen molar-refractivity contribution < 1.29 is 17.9 Å². The molecular formula is C11H18F3NO. The fourth-order valence-corrected chi connectivity index (χ4v) is 0.697. The van der Waals surface area contributed by atoms with Crippen molar-refractivity contribution in [3.63, 3.8) is 0 Å². The van der Waals surface area contributed by atoms with E-state index in [2.05, 4.69) is 9.72 Å². The van der Waals surface area contributed by atoms with E-state index in [1.165, 1.54) is 7.11 Å². The molecule has 0 aliphatic carbocycles. The highest BCUT2D eigenvalue weighted by molar-refractivity contribution is 5.22. The Morgan fingerprint density at radius 3 is 2.00 bits per heavy atom. The number of ether oxygens (including phenoxy) is 1. The molecule has 2 nitrogen and oxygen atoms in total. The SMILES string of the molecule is CC.CC.COc1cc(C(F)(F)F)ccn1. The zero-order chi connectivity index (χ0) is 13.2. The first-order valence-electron chi connectivity index (χ1n) is 5.11. The van der Waals surface area contributed by atoms with Crippen LogP contribution in [0.1, 0.15) is 33.3 Å². The Bertz CT molecular complexity index is 274. The van der Waals surface area contributed by atoms with Gasteiger partial charge < -0.3 is 4.74 Å². The van der Waals surface area contributed by atoms with Crippen LogP contribution in [0.2, 0.25) is 0 Å². The number of pyridine rings is 1. The van der Waals surface area contributed by atoms with Crippen LogP contribution in [0.15, 0.2) is 18.3 Å². The van der Waals surface area contributed by atoms with Crippen molar-refractivity contribution in [3.8, 4) is 5.88 Å². The second-order valence-electron chi connectivity index (χ2n) is 2.08. The number of hydrogen-bond donors (Lipinski definition) is 0. The Labute approximate surface area is 94.5 Å². The Balaban J connectivity index is 0. The second kappa shape index (κ2) is 9.00. The summed E-state index contributed by atoms with van der Waals surface area (Å²) < 4.78 is 40.6. The molecular weight excluding hydrogens is 219 g/mol. The summed E-state index contributed by atoms with van der Waals surface area (Å²) in [4.78, 5) is 3.55. The molecule has 16 heavy (non-hydrogen) atoms. The molecule has 0 unspecified atom stereocenters. The van der Waals surface area contributed by atoms with Crippen LogP contribution in [-0.4, -0.2) is 12.1 Å². The Morgan fingerprint density at radius 2 is 1.62 bits per heavy atom. The molecule has 1 heterocycles. The lowest BCUT2D eigenvalue weighted by Gasteiger charge is -2.06. The van der Waals surface area contributed by atoms with Crippen molar-refractivity contribution in [1.82, 2.24) is 4.98 Å². The number of rotatable bonds is 1. The maximum Gasteiger partial charge on any atom is 0.416 e. The minimum absolute atomic E-state index is 0.0372. The Kier molecular flexibility index (Phi) is 9.65. The lowest BCUT2D eigenvalue weighted by Crippen LogP contribution is -2.05. The largest absolute Gasteiger partial charge is 0.481 e. The van der Waals surface area contributed by atoms with Crippen molar-refractivity contribution in [2.45, 2.75) is 33.9 Å². The number of hydrogen-bond acceptors (Lipinski definition) is 2. The molecule has 0 atom stereocenters. The van der Waals surface area contributed by atoms with Gasteiger partial charge in [0.2, 0.25) is 5.88 Å². The third kappa shape index (κ3) is 6.27. The number of methoxy groups -OCH3 is 1. The van der Waals surface area contributed by atoms with Crippen LogP contribution < -0.4 is 4.74 Å². The molecule has 0 fully saturated rings. The fraction of sp³-hybridized carbons (Fsp3) is 0.545. The normalized spacial score (nSPS) is 9.25. The third-order valence-corrected chi connectivity index (χ3v) is 1.27. The first kappa shape index (κ1) is 17.1. The molecule has 0 saturated heterocycles. The summed E-state index contributed by atoms with van der Waals surface area (Å²) in [5.41, 5.74) is -0.755. The van der Waals surface area contributed by atoms with Crippen molar-refractivity contribution >= 4 is 0 Å². The van der Waals surface area contributed by atoms with Crippen LogP contribution in [0.4, 0.5) is 13.2 Å². The molecule has 5 heteroatoms. The monoisotopic (exact) mass is 237 g/mol. The highest BCUT2D eigenvalue weighted by Gasteiger charge is 2.30. The van der Waals surface area contributed by atoms with Crippen LogP contribution in [0.5, 0.6) is 5.88 Å². The third-order valence-electron chi connectivity index (χ3n) is 1.27. The molecule has 1 aromatic heterocycles. The van der Waals surface area contributed by atoms with E-state index in [4.69, 9.17) is 0 Å². The fourth-order valence-electron chi connectivity index (χ4n) is 0.697. The van der Waals surface area contributed by atoms with Crippen molar-refractivity contribution in [2.75, 3.05) is 7.11 Å². The molecule has 0 spiro atoms. The predicted molar refractivity (Wildman–Crippen MR) is 58.5 cm³/mol. The van der Waals surface area contributed by atoms with Crippen LogP contribution in [0.25, 0.3) is 0 Å². The molecule has 0 aliphatic rings. The van der Waals surface area contributed by atoms with E-state index in [1.807, 2.05) is 27.7 Å². The minimum Gasteiger partial charge on any atom is -0.481 e. The maximum absolute atomic E-state index is 12.0. The van der Waals surface area contributed by atoms with Gasteiger partial charge in [-0.2, -0.15) is 13.2 Å². The summed E-state index contributed by atoms with van der Waals surface area (Å²) in [7, 11) is 1.27. The van der Waals surface area contributed by atoms with E-state index in [0.29, 0.717) is 0 Å². The number of aromatic nitrogens is 1. The topological polar surface area (TPSA) is 22.1 Å². The molecule has 1 rings (SSSR count). The summed E-state index contributed by atoms with van der Waals surface area (Å²) >= 11 is 0. The summed E-state index contributed by atoms with van der Waals surface area (Å²) in [5, 5.41) is 0. The van der Waals surface area contributed by atoms with E-state index in [0.717, 1.165) is 18.3 Å².